The van der Waals surface area contributed by atoms with Crippen LogP contribution >= 0.6 is 0 Å². The molecule has 0 spiro atoms. The molecule has 0 radical (unpaired) electrons. The Labute approximate surface area is 128 Å². The normalized spacial score (nSPS) is 23.8. The van der Waals surface area contributed by atoms with Gasteiger partial charge in [-0.2, -0.15) is 0 Å². The molecule has 2 amide bonds. The van der Waals surface area contributed by atoms with E-state index < -0.39 is 0 Å². The third-order valence-corrected chi connectivity index (χ3v) is 4.37. The lowest BCUT2D eigenvalue weighted by Gasteiger charge is -2.34. The van der Waals surface area contributed by atoms with Crippen molar-refractivity contribution in [2.24, 2.45) is 0 Å². The summed E-state index contributed by atoms with van der Waals surface area (Å²) in [5.41, 5.74) is 0. The average Bonchev–Trinajstić information content (AvgIpc) is 2.48. The summed E-state index contributed by atoms with van der Waals surface area (Å²) in [6, 6.07) is 0.248. The van der Waals surface area contributed by atoms with Crippen LogP contribution in [0.25, 0.3) is 0 Å². The highest BCUT2D eigenvalue weighted by molar-refractivity contribution is 5.83. The van der Waals surface area contributed by atoms with Crippen LogP contribution in [0, 0.1) is 0 Å². The number of amides is 2. The van der Waals surface area contributed by atoms with Crippen LogP contribution < -0.4 is 5.32 Å². The van der Waals surface area contributed by atoms with Gasteiger partial charge in [-0.3, -0.25) is 9.59 Å². The number of nitrogens with one attached hydrogen (secondary N) is 1. The zero-order valence-corrected chi connectivity index (χ0v) is 13.4. The number of carbonyl (C=O) groups is 2. The molecule has 0 aliphatic carbocycles. The topological polar surface area (TPSA) is 52.7 Å². The Bertz CT molecular complexity index is 365. The van der Waals surface area contributed by atoms with Gasteiger partial charge in [-0.1, -0.05) is 13.8 Å². The van der Waals surface area contributed by atoms with E-state index in [1.807, 2.05) is 9.80 Å². The highest BCUT2D eigenvalue weighted by Crippen LogP contribution is 2.14. The molecule has 2 aliphatic rings. The van der Waals surface area contributed by atoms with Gasteiger partial charge in [0.15, 0.2) is 0 Å². The largest absolute Gasteiger partial charge is 0.343 e. The summed E-state index contributed by atoms with van der Waals surface area (Å²) in [5.74, 6) is 0.378. The van der Waals surface area contributed by atoms with Crippen LogP contribution in [0.5, 0.6) is 0 Å². The summed E-state index contributed by atoms with van der Waals surface area (Å²) in [4.78, 5) is 28.4. The summed E-state index contributed by atoms with van der Waals surface area (Å²) >= 11 is 0. The van der Waals surface area contributed by atoms with Crippen LogP contribution in [0.15, 0.2) is 0 Å². The minimum Gasteiger partial charge on any atom is -0.343 e. The number of likely N-dealkylation sites (tertiary alicyclic amines) is 2. The second-order valence-corrected chi connectivity index (χ2v) is 6.53. The number of carbonyl (C=O) groups excluding carboxylic acids is 2. The summed E-state index contributed by atoms with van der Waals surface area (Å²) in [5, 5.41) is 3.33. The van der Waals surface area contributed by atoms with Crippen LogP contribution in [0.2, 0.25) is 0 Å². The monoisotopic (exact) mass is 295 g/mol. The van der Waals surface area contributed by atoms with Crippen molar-refractivity contribution in [1.82, 2.24) is 15.1 Å². The lowest BCUT2D eigenvalue weighted by molar-refractivity contribution is -0.138. The predicted molar refractivity (Wildman–Crippen MR) is 82.9 cm³/mol. The van der Waals surface area contributed by atoms with Gasteiger partial charge in [-0.25, -0.2) is 0 Å². The molecule has 0 aromatic heterocycles. The third kappa shape index (κ3) is 4.70. The molecule has 5 nitrogen and oxygen atoms in total. The Hall–Kier alpha value is -1.10. The highest BCUT2D eigenvalue weighted by Gasteiger charge is 2.29. The van der Waals surface area contributed by atoms with Crippen molar-refractivity contribution >= 4 is 11.8 Å². The number of hydrogen-bond donors (Lipinski definition) is 1. The van der Waals surface area contributed by atoms with E-state index in [0.717, 1.165) is 45.3 Å². The molecule has 2 heterocycles. The predicted octanol–water partition coefficient (Wildman–Crippen LogP) is 1.38. The maximum atomic E-state index is 12.4. The van der Waals surface area contributed by atoms with Crippen molar-refractivity contribution in [3.8, 4) is 0 Å². The minimum absolute atomic E-state index is 0.0659. The van der Waals surface area contributed by atoms with Gasteiger partial charge in [-0.15, -0.1) is 0 Å². The molecule has 1 atom stereocenters. The van der Waals surface area contributed by atoms with Crippen molar-refractivity contribution < 1.29 is 9.59 Å². The van der Waals surface area contributed by atoms with Crippen molar-refractivity contribution in [3.63, 3.8) is 0 Å². The van der Waals surface area contributed by atoms with Crippen LogP contribution in [-0.2, 0) is 9.59 Å². The Morgan fingerprint density at radius 1 is 1.19 bits per heavy atom. The van der Waals surface area contributed by atoms with E-state index in [1.165, 1.54) is 6.42 Å². The molecule has 0 bridgehead atoms. The first-order valence-corrected chi connectivity index (χ1v) is 8.40. The van der Waals surface area contributed by atoms with Crippen molar-refractivity contribution in [3.05, 3.63) is 0 Å². The minimum atomic E-state index is -0.0659. The first-order valence-electron chi connectivity index (χ1n) is 8.40. The van der Waals surface area contributed by atoms with Gasteiger partial charge >= 0.3 is 0 Å². The van der Waals surface area contributed by atoms with Crippen molar-refractivity contribution in [1.29, 1.82) is 0 Å². The highest BCUT2D eigenvalue weighted by atomic mass is 16.2. The fraction of sp³-hybridized carbons (Fsp3) is 0.875. The zero-order valence-electron chi connectivity index (χ0n) is 13.4. The molecule has 0 saturated carbocycles. The van der Waals surface area contributed by atoms with Gasteiger partial charge in [-0.05, 0) is 32.1 Å². The van der Waals surface area contributed by atoms with Gasteiger partial charge < -0.3 is 15.1 Å². The first kappa shape index (κ1) is 16.3. The molecule has 1 N–H and O–H groups in total. The molecule has 0 aromatic rings. The van der Waals surface area contributed by atoms with Gasteiger partial charge in [0, 0.05) is 38.6 Å². The fourth-order valence-corrected chi connectivity index (χ4v) is 3.25. The molecule has 1 unspecified atom stereocenters. The summed E-state index contributed by atoms with van der Waals surface area (Å²) < 4.78 is 0. The number of nitrogens with zero attached hydrogens (tertiary/aromatic N) is 2. The molecule has 2 fully saturated rings. The Kier molecular flexibility index (Phi) is 6.03. The fourth-order valence-electron chi connectivity index (χ4n) is 3.25. The number of rotatable bonds is 5. The Balaban J connectivity index is 1.78. The number of piperidine rings is 2. The molecule has 21 heavy (non-hydrogen) atoms. The zero-order chi connectivity index (χ0) is 15.2. The van der Waals surface area contributed by atoms with E-state index in [9.17, 15) is 9.59 Å². The molecular formula is C16H29N3O2. The maximum absolute atomic E-state index is 12.4. The average molecular weight is 295 g/mol. The quantitative estimate of drug-likeness (QED) is 0.833. The van der Waals surface area contributed by atoms with Crippen LogP contribution in [0.4, 0.5) is 0 Å². The molecule has 0 aromatic carbocycles. The van der Waals surface area contributed by atoms with E-state index >= 15 is 0 Å². The molecule has 120 valence electrons. The van der Waals surface area contributed by atoms with E-state index in [-0.39, 0.29) is 17.9 Å². The SMILES string of the molecule is CC(C)NC1CCCN(CCC(=O)N2CCCCC2)C1=O. The van der Waals surface area contributed by atoms with E-state index in [1.54, 1.807) is 0 Å². The van der Waals surface area contributed by atoms with Gasteiger partial charge in [0.2, 0.25) is 11.8 Å². The molecular weight excluding hydrogens is 266 g/mol. The van der Waals surface area contributed by atoms with Gasteiger partial charge in [0.05, 0.1) is 6.04 Å². The first-order chi connectivity index (χ1) is 10.1. The van der Waals surface area contributed by atoms with E-state index in [4.69, 9.17) is 0 Å². The van der Waals surface area contributed by atoms with Gasteiger partial charge in [0.25, 0.3) is 0 Å². The molecule has 2 saturated heterocycles. The van der Waals surface area contributed by atoms with Crippen molar-refractivity contribution in [2.75, 3.05) is 26.2 Å². The summed E-state index contributed by atoms with van der Waals surface area (Å²) in [6.45, 7) is 7.28. The summed E-state index contributed by atoms with van der Waals surface area (Å²) in [6.07, 6.45) is 5.88. The summed E-state index contributed by atoms with van der Waals surface area (Å²) in [7, 11) is 0. The molecule has 2 aliphatic heterocycles. The second-order valence-electron chi connectivity index (χ2n) is 6.53. The third-order valence-electron chi connectivity index (χ3n) is 4.37. The van der Waals surface area contributed by atoms with E-state index in [0.29, 0.717) is 19.0 Å². The smallest absolute Gasteiger partial charge is 0.239 e. The standard InChI is InChI=1S/C16H29N3O2/c1-13(2)17-14-7-6-11-19(16(14)21)12-8-15(20)18-9-4-3-5-10-18/h13-14,17H,3-12H2,1-2H3. The lowest BCUT2D eigenvalue weighted by Crippen LogP contribution is -2.53. The van der Waals surface area contributed by atoms with Crippen LogP contribution in [-0.4, -0.2) is 59.9 Å². The molecule has 5 heteroatoms. The maximum Gasteiger partial charge on any atom is 0.239 e. The van der Waals surface area contributed by atoms with E-state index in [2.05, 4.69) is 19.2 Å². The van der Waals surface area contributed by atoms with Crippen LogP contribution in [0.1, 0.15) is 52.4 Å². The molecule has 2 rings (SSSR count). The van der Waals surface area contributed by atoms with Crippen LogP contribution in [0.3, 0.4) is 0 Å². The van der Waals surface area contributed by atoms with Crippen molar-refractivity contribution in [2.45, 2.75) is 64.5 Å². The lowest BCUT2D eigenvalue weighted by atomic mass is 10.0. The van der Waals surface area contributed by atoms with Gasteiger partial charge in [0.1, 0.15) is 0 Å². The Morgan fingerprint density at radius 3 is 2.57 bits per heavy atom. The number of hydrogen-bond acceptors (Lipinski definition) is 3. The Morgan fingerprint density at radius 2 is 1.90 bits per heavy atom. The second kappa shape index (κ2) is 7.78.